The van der Waals surface area contributed by atoms with E-state index in [-0.39, 0.29) is 44.8 Å². The number of hydrogen-bond donors (Lipinski definition) is 4. The van der Waals surface area contributed by atoms with Crippen LogP contribution in [-0.2, 0) is 15.4 Å². The summed E-state index contributed by atoms with van der Waals surface area (Å²) in [4.78, 5) is 12.7. The van der Waals surface area contributed by atoms with Crippen LogP contribution in [0, 0.1) is 52.3 Å². The van der Waals surface area contributed by atoms with Gasteiger partial charge in [-0.05, 0) is 114 Å². The van der Waals surface area contributed by atoms with Crippen LogP contribution in [0.1, 0.15) is 105 Å². The summed E-state index contributed by atoms with van der Waals surface area (Å²) in [7, 11) is -3.98. The molecule has 0 aliphatic heterocycles. The predicted molar refractivity (Wildman–Crippen MR) is 175 cm³/mol. The molecule has 9 heteroatoms. The number of fused-ring (bicyclic) bond motifs is 5. The molecule has 5 rings (SSSR count). The standard InChI is InChI=1S/C36H57FN2O5S/c1-8-24-30-31(37)28(40)16-19-36(30,7)27-15-18-35(6)25(13-14-26(35)29(27)32(24)41)21(2)17-20-38-33(42)39-45(43,44)23-11-9-22(10-12-23)34(3,4)5/h9-12,21,24-32,40-41H,8,13-20H2,1-7H3,(H2,38,39,42)/t21-,24-,25-,26+,27+,28-,29+,30-,31+,32-,35-,36-/m1/s1. The van der Waals surface area contributed by atoms with E-state index in [2.05, 4.69) is 58.5 Å². The van der Waals surface area contributed by atoms with Crippen LogP contribution in [0.4, 0.5) is 9.18 Å². The molecule has 2 amide bonds. The number of amides is 2. The summed E-state index contributed by atoms with van der Waals surface area (Å²) in [5.41, 5.74) is 0.755. The molecule has 4 N–H and O–H groups in total. The van der Waals surface area contributed by atoms with Crippen molar-refractivity contribution in [1.82, 2.24) is 10.0 Å². The fourth-order valence-corrected chi connectivity index (χ4v) is 11.8. The maximum Gasteiger partial charge on any atom is 0.328 e. The highest BCUT2D eigenvalue weighted by Gasteiger charge is 2.66. The van der Waals surface area contributed by atoms with Crippen LogP contribution in [0.3, 0.4) is 0 Å². The van der Waals surface area contributed by atoms with Gasteiger partial charge in [-0.25, -0.2) is 22.3 Å². The molecule has 7 nitrogen and oxygen atoms in total. The number of aliphatic hydroxyl groups excluding tert-OH is 2. The number of carbonyl (C=O) groups is 1. The van der Waals surface area contributed by atoms with Gasteiger partial charge in [0, 0.05) is 12.5 Å². The van der Waals surface area contributed by atoms with Gasteiger partial charge in [-0.3, -0.25) is 0 Å². The summed E-state index contributed by atoms with van der Waals surface area (Å²) < 4.78 is 43.4. The number of hydrogen-bond acceptors (Lipinski definition) is 5. The Kier molecular flexibility index (Phi) is 9.53. The third-order valence-electron chi connectivity index (χ3n) is 13.3. The maximum absolute atomic E-state index is 15.6. The highest BCUT2D eigenvalue weighted by atomic mass is 32.2. The summed E-state index contributed by atoms with van der Waals surface area (Å²) in [5.74, 6) is 1.06. The average Bonchev–Trinajstić information content (AvgIpc) is 3.32. The Morgan fingerprint density at radius 2 is 1.64 bits per heavy atom. The highest BCUT2D eigenvalue weighted by Crippen LogP contribution is 2.69. The Balaban J connectivity index is 1.21. The molecule has 4 fully saturated rings. The molecule has 0 bridgehead atoms. The number of sulfonamides is 1. The molecule has 0 aromatic heterocycles. The Morgan fingerprint density at radius 3 is 2.27 bits per heavy atom. The van der Waals surface area contributed by atoms with Gasteiger partial charge < -0.3 is 15.5 Å². The lowest BCUT2D eigenvalue weighted by Crippen LogP contribution is -2.65. The smallest absolute Gasteiger partial charge is 0.328 e. The van der Waals surface area contributed by atoms with Crippen molar-refractivity contribution in [2.75, 3.05) is 6.54 Å². The van der Waals surface area contributed by atoms with Crippen LogP contribution in [0.15, 0.2) is 29.2 Å². The first-order chi connectivity index (χ1) is 21.0. The second-order valence-corrected chi connectivity index (χ2v) is 18.2. The second kappa shape index (κ2) is 12.4. The van der Waals surface area contributed by atoms with E-state index in [4.69, 9.17) is 0 Å². The molecule has 0 heterocycles. The van der Waals surface area contributed by atoms with Gasteiger partial charge in [-0.2, -0.15) is 0 Å². The van der Waals surface area contributed by atoms with Gasteiger partial charge >= 0.3 is 6.03 Å². The molecule has 4 aliphatic rings. The molecule has 4 aliphatic carbocycles. The van der Waals surface area contributed by atoms with Crippen molar-refractivity contribution in [3.05, 3.63) is 29.8 Å². The van der Waals surface area contributed by atoms with Crippen molar-refractivity contribution < 1.29 is 27.8 Å². The molecule has 1 aromatic carbocycles. The van der Waals surface area contributed by atoms with Crippen LogP contribution < -0.4 is 10.0 Å². The Hall–Kier alpha value is -1.71. The molecule has 0 unspecified atom stereocenters. The number of alkyl halides is 1. The normalized spacial score (nSPS) is 40.5. The van der Waals surface area contributed by atoms with Crippen LogP contribution in [0.2, 0.25) is 0 Å². The quantitative estimate of drug-likeness (QED) is 0.267. The summed E-state index contributed by atoms with van der Waals surface area (Å²) >= 11 is 0. The second-order valence-electron chi connectivity index (χ2n) is 16.6. The summed E-state index contributed by atoms with van der Waals surface area (Å²) in [6.07, 6.45) is 4.12. The van der Waals surface area contributed by atoms with Gasteiger partial charge in [0.25, 0.3) is 10.0 Å². The zero-order valence-corrected chi connectivity index (χ0v) is 29.2. The zero-order chi connectivity index (χ0) is 33.1. The number of carbonyl (C=O) groups excluding carboxylic acids is 1. The fraction of sp³-hybridized carbons (Fsp3) is 0.806. The fourth-order valence-electron chi connectivity index (χ4n) is 10.9. The van der Waals surface area contributed by atoms with E-state index in [1.807, 2.05) is 0 Å². The van der Waals surface area contributed by atoms with Crippen molar-refractivity contribution in [3.8, 4) is 0 Å². The molecule has 0 spiro atoms. The average molecular weight is 649 g/mol. The first-order valence-corrected chi connectivity index (χ1v) is 18.9. The lowest BCUT2D eigenvalue weighted by Gasteiger charge is -2.65. The van der Waals surface area contributed by atoms with Crippen molar-refractivity contribution in [1.29, 1.82) is 0 Å². The Labute approximate surface area is 270 Å². The molecule has 0 saturated heterocycles. The van der Waals surface area contributed by atoms with Crippen molar-refractivity contribution >= 4 is 16.1 Å². The molecular weight excluding hydrogens is 591 g/mol. The van der Waals surface area contributed by atoms with Crippen LogP contribution >= 0.6 is 0 Å². The monoisotopic (exact) mass is 648 g/mol. The minimum absolute atomic E-state index is 0.0527. The van der Waals surface area contributed by atoms with Gasteiger partial charge in [0.15, 0.2) is 0 Å². The first kappa shape index (κ1) is 34.6. The number of halogens is 1. The van der Waals surface area contributed by atoms with E-state index in [0.717, 1.165) is 44.1 Å². The molecule has 12 atom stereocenters. The predicted octanol–water partition coefficient (Wildman–Crippen LogP) is 6.57. The van der Waals surface area contributed by atoms with Gasteiger partial charge in [0.1, 0.15) is 6.17 Å². The van der Waals surface area contributed by atoms with E-state index >= 15 is 4.39 Å². The molecule has 254 valence electrons. The summed E-state index contributed by atoms with van der Waals surface area (Å²) in [6.45, 7) is 15.5. The van der Waals surface area contributed by atoms with E-state index in [1.54, 1.807) is 12.1 Å². The number of rotatable bonds is 7. The molecule has 0 radical (unpaired) electrons. The van der Waals surface area contributed by atoms with Crippen molar-refractivity contribution in [2.24, 2.45) is 52.3 Å². The number of urea groups is 1. The SMILES string of the molecule is CC[C@H]1[C@@H](O)[C@@H]2[C@H](CC[C@]3(C)[C@@H]([C@H](C)CCNC(=O)NS(=O)(=O)c4ccc(C(C)(C)C)cc4)CC[C@@H]23)[C@@]2(C)CC[C@@H](O)[C@H](F)[C@@H]12. The molecule has 45 heavy (non-hydrogen) atoms. The zero-order valence-electron chi connectivity index (χ0n) is 28.4. The van der Waals surface area contributed by atoms with E-state index in [0.29, 0.717) is 37.1 Å². The van der Waals surface area contributed by atoms with Crippen molar-refractivity contribution in [2.45, 2.75) is 129 Å². The lowest BCUT2D eigenvalue weighted by molar-refractivity contribution is -0.222. The Morgan fingerprint density at radius 1 is 1.02 bits per heavy atom. The summed E-state index contributed by atoms with van der Waals surface area (Å²) in [5, 5.41) is 25.1. The third kappa shape index (κ3) is 6.08. The minimum Gasteiger partial charge on any atom is -0.393 e. The van der Waals surface area contributed by atoms with Crippen LogP contribution in [0.5, 0.6) is 0 Å². The molecular formula is C36H57FN2O5S. The Bertz CT molecular complexity index is 1330. The van der Waals surface area contributed by atoms with Crippen molar-refractivity contribution in [3.63, 3.8) is 0 Å². The van der Waals surface area contributed by atoms with E-state index < -0.39 is 34.4 Å². The highest BCUT2D eigenvalue weighted by molar-refractivity contribution is 7.90. The number of aliphatic hydroxyl groups is 2. The van der Waals surface area contributed by atoms with E-state index in [1.165, 1.54) is 12.1 Å². The lowest BCUT2D eigenvalue weighted by atomic mass is 9.41. The van der Waals surface area contributed by atoms with Gasteiger partial charge in [0.2, 0.25) is 0 Å². The molecule has 4 saturated carbocycles. The first-order valence-electron chi connectivity index (χ1n) is 17.4. The largest absolute Gasteiger partial charge is 0.393 e. The molecule has 1 aromatic rings. The van der Waals surface area contributed by atoms with Gasteiger partial charge in [-0.1, -0.05) is 67.0 Å². The topological polar surface area (TPSA) is 116 Å². The van der Waals surface area contributed by atoms with Gasteiger partial charge in [-0.15, -0.1) is 0 Å². The minimum atomic E-state index is -3.98. The number of nitrogens with one attached hydrogen (secondary N) is 2. The van der Waals surface area contributed by atoms with Gasteiger partial charge in [0.05, 0.1) is 17.1 Å². The summed E-state index contributed by atoms with van der Waals surface area (Å²) in [6, 6.07) is 5.90. The van der Waals surface area contributed by atoms with Crippen LogP contribution in [0.25, 0.3) is 0 Å². The number of benzene rings is 1. The van der Waals surface area contributed by atoms with E-state index in [9.17, 15) is 23.4 Å². The third-order valence-corrected chi connectivity index (χ3v) is 14.6. The maximum atomic E-state index is 15.6. The van der Waals surface area contributed by atoms with Crippen LogP contribution in [-0.4, -0.2) is 49.6 Å².